The Morgan fingerprint density at radius 2 is 1.62 bits per heavy atom. The van der Waals surface area contributed by atoms with Crippen molar-refractivity contribution >= 4 is 0 Å². The van der Waals surface area contributed by atoms with Gasteiger partial charge in [0, 0.05) is 12.7 Å². The number of rotatable bonds is 7. The van der Waals surface area contributed by atoms with Gasteiger partial charge in [0.2, 0.25) is 5.79 Å². The quantitative estimate of drug-likeness (QED) is 0.381. The maximum absolute atomic E-state index is 10.9. The standard InChI is InChI=1S/C25H32O9/c1-3-16-5-6-18(12-17(16)10-15-4-7-19-20(11-15)33-9-8-32-19)25(31-2)23(30)21(28)22(29)24(13-26,14-27)34-25/h4-7,11-12,21-23,26-30H,3,8-10,13-14H2,1-2H3/t21-,22-,23+,25-/m0/s1. The molecule has 0 aromatic heterocycles. The van der Waals surface area contributed by atoms with Crippen LogP contribution in [0, 0.1) is 0 Å². The summed E-state index contributed by atoms with van der Waals surface area (Å²) in [5.74, 6) is -0.545. The Morgan fingerprint density at radius 3 is 2.26 bits per heavy atom. The molecular formula is C25H32O9. The van der Waals surface area contributed by atoms with Gasteiger partial charge in [-0.15, -0.1) is 0 Å². The lowest BCUT2D eigenvalue weighted by atomic mass is 9.80. The maximum Gasteiger partial charge on any atom is 0.225 e. The number of aliphatic hydroxyl groups excluding tert-OH is 5. The van der Waals surface area contributed by atoms with Crippen LogP contribution >= 0.6 is 0 Å². The molecule has 0 spiro atoms. The third-order valence-corrected chi connectivity index (χ3v) is 6.76. The molecule has 1 fully saturated rings. The van der Waals surface area contributed by atoms with Crippen molar-refractivity contribution in [3.63, 3.8) is 0 Å². The number of hydrogen-bond acceptors (Lipinski definition) is 9. The molecule has 0 radical (unpaired) electrons. The highest BCUT2D eigenvalue weighted by Crippen LogP contribution is 2.44. The second kappa shape index (κ2) is 9.79. The summed E-state index contributed by atoms with van der Waals surface area (Å²) < 4.78 is 22.8. The van der Waals surface area contributed by atoms with Gasteiger partial charge in [0.05, 0.1) is 13.2 Å². The molecule has 0 aliphatic carbocycles. The number of aryl methyl sites for hydroxylation is 1. The zero-order valence-corrected chi connectivity index (χ0v) is 19.3. The highest BCUT2D eigenvalue weighted by molar-refractivity contribution is 5.46. The summed E-state index contributed by atoms with van der Waals surface area (Å²) in [6, 6.07) is 11.2. The van der Waals surface area contributed by atoms with Crippen molar-refractivity contribution in [3.05, 3.63) is 58.7 Å². The molecule has 9 nitrogen and oxygen atoms in total. The first kappa shape index (κ1) is 24.9. The molecule has 2 heterocycles. The predicted molar refractivity (Wildman–Crippen MR) is 121 cm³/mol. The van der Waals surface area contributed by atoms with E-state index in [0.717, 1.165) is 23.1 Å². The predicted octanol–water partition coefficient (Wildman–Crippen LogP) is 0.246. The number of aliphatic hydroxyl groups is 5. The molecular weight excluding hydrogens is 444 g/mol. The minimum atomic E-state index is -1.94. The van der Waals surface area contributed by atoms with E-state index in [9.17, 15) is 25.5 Å². The molecule has 0 bridgehead atoms. The van der Waals surface area contributed by atoms with E-state index in [2.05, 4.69) is 0 Å². The highest BCUT2D eigenvalue weighted by Gasteiger charge is 2.61. The highest BCUT2D eigenvalue weighted by atomic mass is 16.7. The number of methoxy groups -OCH3 is 1. The van der Waals surface area contributed by atoms with E-state index in [-0.39, 0.29) is 0 Å². The van der Waals surface area contributed by atoms with Crippen LogP contribution in [0.3, 0.4) is 0 Å². The van der Waals surface area contributed by atoms with Gasteiger partial charge in [-0.2, -0.15) is 0 Å². The normalized spacial score (nSPS) is 28.0. The van der Waals surface area contributed by atoms with Gasteiger partial charge in [-0.1, -0.05) is 25.1 Å². The molecule has 4 rings (SSSR count). The van der Waals surface area contributed by atoms with Crippen LogP contribution in [0.1, 0.15) is 29.2 Å². The summed E-state index contributed by atoms with van der Waals surface area (Å²) in [5, 5.41) is 51.7. The average molecular weight is 477 g/mol. The van der Waals surface area contributed by atoms with Crippen LogP contribution in [0.25, 0.3) is 0 Å². The van der Waals surface area contributed by atoms with Crippen molar-refractivity contribution in [1.82, 2.24) is 0 Å². The molecule has 34 heavy (non-hydrogen) atoms. The molecule has 2 aromatic rings. The summed E-state index contributed by atoms with van der Waals surface area (Å²) in [6.45, 7) is 1.44. The number of ether oxygens (including phenoxy) is 4. The third kappa shape index (κ3) is 4.07. The fraction of sp³-hybridized carbons (Fsp3) is 0.520. The van der Waals surface area contributed by atoms with Crippen LogP contribution in [0.4, 0.5) is 0 Å². The molecule has 0 unspecified atom stereocenters. The van der Waals surface area contributed by atoms with E-state index in [4.69, 9.17) is 18.9 Å². The molecule has 4 atom stereocenters. The largest absolute Gasteiger partial charge is 0.486 e. The van der Waals surface area contributed by atoms with Gasteiger partial charge in [0.15, 0.2) is 11.5 Å². The van der Waals surface area contributed by atoms with Gasteiger partial charge in [-0.3, -0.25) is 0 Å². The van der Waals surface area contributed by atoms with Crippen molar-refractivity contribution in [3.8, 4) is 11.5 Å². The summed E-state index contributed by atoms with van der Waals surface area (Å²) in [7, 11) is 1.29. The van der Waals surface area contributed by atoms with Crippen LogP contribution in [-0.4, -0.2) is 83.0 Å². The van der Waals surface area contributed by atoms with Gasteiger partial charge in [0.25, 0.3) is 0 Å². The molecule has 186 valence electrons. The maximum atomic E-state index is 10.9. The summed E-state index contributed by atoms with van der Waals surface area (Å²) in [5.41, 5.74) is 1.43. The van der Waals surface area contributed by atoms with E-state index >= 15 is 0 Å². The molecule has 2 aliphatic rings. The SMILES string of the molecule is CCc1ccc([C@]2(OC)OC(CO)(CO)[C@@H](O)[C@H](O)[C@H]2O)cc1Cc1ccc2c(c1)OCCO2. The summed E-state index contributed by atoms with van der Waals surface area (Å²) in [4.78, 5) is 0. The second-order valence-corrected chi connectivity index (χ2v) is 8.73. The minimum absolute atomic E-state index is 0.379. The topological polar surface area (TPSA) is 138 Å². The van der Waals surface area contributed by atoms with Crippen LogP contribution < -0.4 is 9.47 Å². The van der Waals surface area contributed by atoms with E-state index in [1.54, 1.807) is 6.07 Å². The van der Waals surface area contributed by atoms with E-state index < -0.39 is 42.9 Å². The molecule has 2 aromatic carbocycles. The molecule has 1 saturated heterocycles. The lowest BCUT2D eigenvalue weighted by molar-refractivity contribution is -0.401. The van der Waals surface area contributed by atoms with Crippen LogP contribution in [0.15, 0.2) is 36.4 Å². The number of fused-ring (bicyclic) bond motifs is 1. The first-order chi connectivity index (χ1) is 16.3. The Hall–Kier alpha value is -2.24. The van der Waals surface area contributed by atoms with Crippen molar-refractivity contribution in [1.29, 1.82) is 0 Å². The molecule has 0 saturated carbocycles. The Labute approximate surface area is 198 Å². The molecule has 2 aliphatic heterocycles. The molecule has 5 N–H and O–H groups in total. The first-order valence-electron chi connectivity index (χ1n) is 11.4. The van der Waals surface area contributed by atoms with E-state index in [0.29, 0.717) is 36.7 Å². The fourth-order valence-corrected chi connectivity index (χ4v) is 4.71. The smallest absolute Gasteiger partial charge is 0.225 e. The zero-order chi connectivity index (χ0) is 24.5. The van der Waals surface area contributed by atoms with Gasteiger partial charge in [0.1, 0.15) is 37.1 Å². The zero-order valence-electron chi connectivity index (χ0n) is 19.3. The Balaban J connectivity index is 1.75. The molecule has 0 amide bonds. The van der Waals surface area contributed by atoms with Crippen LogP contribution in [0.5, 0.6) is 11.5 Å². The van der Waals surface area contributed by atoms with Gasteiger partial charge in [-0.25, -0.2) is 0 Å². The van der Waals surface area contributed by atoms with Crippen molar-refractivity contribution in [2.45, 2.75) is 49.5 Å². The number of benzene rings is 2. The van der Waals surface area contributed by atoms with E-state index in [1.165, 1.54) is 7.11 Å². The van der Waals surface area contributed by atoms with Crippen LogP contribution in [0.2, 0.25) is 0 Å². The Morgan fingerprint density at radius 1 is 0.912 bits per heavy atom. The van der Waals surface area contributed by atoms with Crippen molar-refractivity contribution in [2.75, 3.05) is 33.5 Å². The van der Waals surface area contributed by atoms with Crippen LogP contribution in [-0.2, 0) is 28.1 Å². The van der Waals surface area contributed by atoms with Gasteiger partial charge < -0.3 is 44.5 Å². The monoisotopic (exact) mass is 476 g/mol. The van der Waals surface area contributed by atoms with Gasteiger partial charge in [-0.05, 0) is 47.7 Å². The minimum Gasteiger partial charge on any atom is -0.486 e. The lowest BCUT2D eigenvalue weighted by Crippen LogP contribution is -2.71. The fourth-order valence-electron chi connectivity index (χ4n) is 4.71. The average Bonchev–Trinajstić information content (AvgIpc) is 2.88. The third-order valence-electron chi connectivity index (χ3n) is 6.76. The second-order valence-electron chi connectivity index (χ2n) is 8.73. The first-order valence-corrected chi connectivity index (χ1v) is 11.4. The van der Waals surface area contributed by atoms with Gasteiger partial charge >= 0.3 is 0 Å². The molecule has 9 heteroatoms. The summed E-state index contributed by atoms with van der Waals surface area (Å²) >= 11 is 0. The van der Waals surface area contributed by atoms with Crippen molar-refractivity contribution in [2.24, 2.45) is 0 Å². The number of hydrogen-bond donors (Lipinski definition) is 5. The van der Waals surface area contributed by atoms with Crippen molar-refractivity contribution < 1.29 is 44.5 Å². The summed E-state index contributed by atoms with van der Waals surface area (Å²) in [6.07, 6.45) is -3.86. The van der Waals surface area contributed by atoms with E-state index in [1.807, 2.05) is 37.3 Å². The lowest BCUT2D eigenvalue weighted by Gasteiger charge is -2.53. The Kier molecular flexibility index (Phi) is 7.16. The Bertz CT molecular complexity index is 1010.